The zero-order valence-corrected chi connectivity index (χ0v) is 10.1. The lowest BCUT2D eigenvalue weighted by atomic mass is 10.3. The van der Waals surface area contributed by atoms with Crippen molar-refractivity contribution in [2.45, 2.75) is 31.8 Å². The maximum absolute atomic E-state index is 11.2. The molecule has 6 nitrogen and oxygen atoms in total. The molecule has 1 aromatic rings. The van der Waals surface area contributed by atoms with Gasteiger partial charge in [0.15, 0.2) is 5.76 Å². The number of nitrogens with zero attached hydrogens (tertiary/aromatic N) is 2. The number of carbonyl (C=O) groups is 1. The lowest BCUT2D eigenvalue weighted by molar-refractivity contribution is 0.0922. The molecule has 18 heavy (non-hydrogen) atoms. The van der Waals surface area contributed by atoms with Crippen molar-refractivity contribution in [1.29, 1.82) is 5.26 Å². The summed E-state index contributed by atoms with van der Waals surface area (Å²) in [6.45, 7) is 1.37. The summed E-state index contributed by atoms with van der Waals surface area (Å²) in [6.07, 6.45) is 2.85. The summed E-state index contributed by atoms with van der Waals surface area (Å²) in [7, 11) is 0. The van der Waals surface area contributed by atoms with Crippen molar-refractivity contribution in [2.24, 2.45) is 5.84 Å². The Hall–Kier alpha value is -1.84. The van der Waals surface area contributed by atoms with Crippen LogP contribution in [0.25, 0.3) is 0 Å². The van der Waals surface area contributed by atoms with Crippen LogP contribution in [0.5, 0.6) is 0 Å². The van der Waals surface area contributed by atoms with Gasteiger partial charge >= 0.3 is 5.91 Å². The van der Waals surface area contributed by atoms with Crippen LogP contribution in [0.4, 0.5) is 0 Å². The van der Waals surface area contributed by atoms with Gasteiger partial charge in [-0.3, -0.25) is 15.1 Å². The minimum Gasteiger partial charge on any atom is -0.455 e. The van der Waals surface area contributed by atoms with Crippen LogP contribution >= 0.6 is 0 Å². The second-order valence-corrected chi connectivity index (χ2v) is 4.35. The van der Waals surface area contributed by atoms with Gasteiger partial charge in [0.25, 0.3) is 0 Å². The van der Waals surface area contributed by atoms with Crippen molar-refractivity contribution in [2.75, 3.05) is 6.54 Å². The number of nitriles is 1. The Labute approximate surface area is 105 Å². The molecule has 1 aliphatic rings. The van der Waals surface area contributed by atoms with Crippen molar-refractivity contribution < 1.29 is 9.21 Å². The molecule has 96 valence electrons. The van der Waals surface area contributed by atoms with Crippen molar-refractivity contribution in [3.05, 3.63) is 23.7 Å². The van der Waals surface area contributed by atoms with Crippen molar-refractivity contribution in [3.8, 4) is 6.07 Å². The third-order valence-corrected chi connectivity index (χ3v) is 2.95. The fraction of sp³-hybridized carbons (Fsp3) is 0.500. The molecule has 1 saturated carbocycles. The van der Waals surface area contributed by atoms with Crippen LogP contribution in [0.1, 0.15) is 35.6 Å². The van der Waals surface area contributed by atoms with Gasteiger partial charge < -0.3 is 4.42 Å². The first-order valence-electron chi connectivity index (χ1n) is 5.95. The van der Waals surface area contributed by atoms with Gasteiger partial charge in [-0.05, 0) is 25.0 Å². The van der Waals surface area contributed by atoms with Gasteiger partial charge in [0.1, 0.15) is 5.76 Å². The van der Waals surface area contributed by atoms with E-state index in [-0.39, 0.29) is 5.76 Å². The average molecular weight is 248 g/mol. The van der Waals surface area contributed by atoms with E-state index < -0.39 is 5.91 Å². The van der Waals surface area contributed by atoms with E-state index in [2.05, 4.69) is 11.0 Å². The molecular formula is C12H16N4O2. The predicted molar refractivity (Wildman–Crippen MR) is 64.0 cm³/mol. The second kappa shape index (κ2) is 5.67. The zero-order valence-electron chi connectivity index (χ0n) is 10.1. The maximum atomic E-state index is 11.2. The molecule has 1 aliphatic carbocycles. The largest absolute Gasteiger partial charge is 0.455 e. The number of hydrazine groups is 1. The summed E-state index contributed by atoms with van der Waals surface area (Å²) in [4.78, 5) is 13.5. The smallest absolute Gasteiger partial charge is 0.300 e. The standard InChI is InChI=1S/C12H16N4O2/c13-6-1-7-16(9-2-3-9)8-10-4-5-11(18-10)12(17)15-14/h4-5,9H,1-3,7-8,14H2,(H,15,17). The van der Waals surface area contributed by atoms with E-state index in [4.69, 9.17) is 15.5 Å². The third kappa shape index (κ3) is 3.09. The third-order valence-electron chi connectivity index (χ3n) is 2.95. The highest BCUT2D eigenvalue weighted by atomic mass is 16.4. The number of amides is 1. The van der Waals surface area contributed by atoms with Gasteiger partial charge in [0.2, 0.25) is 0 Å². The van der Waals surface area contributed by atoms with Gasteiger partial charge in [-0.15, -0.1) is 0 Å². The molecule has 0 atom stereocenters. The molecule has 0 spiro atoms. The molecule has 0 aliphatic heterocycles. The lowest BCUT2D eigenvalue weighted by Gasteiger charge is -2.18. The van der Waals surface area contributed by atoms with Gasteiger partial charge in [0.05, 0.1) is 12.6 Å². The van der Waals surface area contributed by atoms with Gasteiger partial charge in [-0.2, -0.15) is 5.26 Å². The Balaban J connectivity index is 1.96. The van der Waals surface area contributed by atoms with Crippen LogP contribution in [0, 0.1) is 11.3 Å². The maximum Gasteiger partial charge on any atom is 0.300 e. The molecule has 1 heterocycles. The Morgan fingerprint density at radius 2 is 2.39 bits per heavy atom. The number of carbonyl (C=O) groups excluding carboxylic acids is 1. The molecule has 1 aromatic heterocycles. The molecule has 0 aromatic carbocycles. The number of hydrogen-bond acceptors (Lipinski definition) is 5. The van der Waals surface area contributed by atoms with E-state index in [1.165, 1.54) is 12.8 Å². The van der Waals surface area contributed by atoms with Gasteiger partial charge in [-0.25, -0.2) is 5.84 Å². The predicted octanol–water partition coefficient (Wildman–Crippen LogP) is 0.761. The van der Waals surface area contributed by atoms with Crippen molar-refractivity contribution in [3.63, 3.8) is 0 Å². The molecule has 3 N–H and O–H groups in total. The minimum atomic E-state index is -0.434. The van der Waals surface area contributed by atoms with E-state index in [9.17, 15) is 4.79 Å². The number of nitrogen functional groups attached to an aromatic ring is 1. The van der Waals surface area contributed by atoms with E-state index in [0.717, 1.165) is 12.3 Å². The molecule has 0 radical (unpaired) electrons. The van der Waals surface area contributed by atoms with E-state index in [0.29, 0.717) is 19.0 Å². The summed E-state index contributed by atoms with van der Waals surface area (Å²) in [5.41, 5.74) is 2.03. The van der Waals surface area contributed by atoms with E-state index >= 15 is 0 Å². The fourth-order valence-corrected chi connectivity index (χ4v) is 1.88. The average Bonchev–Trinajstić information content (AvgIpc) is 3.13. The Morgan fingerprint density at radius 3 is 3.00 bits per heavy atom. The SMILES string of the molecule is N#CCCN(Cc1ccc(C(=O)NN)o1)C1CC1. The first-order chi connectivity index (χ1) is 8.74. The van der Waals surface area contributed by atoms with Crippen LogP contribution in [-0.2, 0) is 6.54 Å². The molecule has 0 unspecified atom stereocenters. The molecule has 1 fully saturated rings. The summed E-state index contributed by atoms with van der Waals surface area (Å²) >= 11 is 0. The topological polar surface area (TPSA) is 95.3 Å². The second-order valence-electron chi connectivity index (χ2n) is 4.35. The summed E-state index contributed by atoms with van der Waals surface area (Å²) in [5, 5.41) is 8.63. The van der Waals surface area contributed by atoms with Crippen LogP contribution in [0.3, 0.4) is 0 Å². The summed E-state index contributed by atoms with van der Waals surface area (Å²) in [5.74, 6) is 5.53. The monoisotopic (exact) mass is 248 g/mol. The normalized spacial score (nSPS) is 14.5. The first kappa shape index (κ1) is 12.6. The quantitative estimate of drug-likeness (QED) is 0.440. The Kier molecular flexibility index (Phi) is 3.97. The van der Waals surface area contributed by atoms with Crippen molar-refractivity contribution in [1.82, 2.24) is 10.3 Å². The number of furan rings is 1. The number of rotatable bonds is 6. The molecule has 0 bridgehead atoms. The molecule has 6 heteroatoms. The first-order valence-corrected chi connectivity index (χ1v) is 5.95. The van der Waals surface area contributed by atoms with E-state index in [1.54, 1.807) is 12.1 Å². The summed E-state index contributed by atoms with van der Waals surface area (Å²) in [6, 6.07) is 6.07. The van der Waals surface area contributed by atoms with Crippen LogP contribution in [0.15, 0.2) is 16.5 Å². The minimum absolute atomic E-state index is 0.212. The lowest BCUT2D eigenvalue weighted by Crippen LogP contribution is -2.29. The molecular weight excluding hydrogens is 232 g/mol. The van der Waals surface area contributed by atoms with Gasteiger partial charge in [-0.1, -0.05) is 0 Å². The van der Waals surface area contributed by atoms with Crippen LogP contribution < -0.4 is 11.3 Å². The Bertz CT molecular complexity index is 459. The highest BCUT2D eigenvalue weighted by molar-refractivity contribution is 5.90. The molecule has 1 amide bonds. The van der Waals surface area contributed by atoms with Gasteiger partial charge in [0, 0.05) is 19.0 Å². The Morgan fingerprint density at radius 1 is 1.61 bits per heavy atom. The van der Waals surface area contributed by atoms with Crippen LogP contribution in [-0.4, -0.2) is 23.4 Å². The number of nitrogens with one attached hydrogen (secondary N) is 1. The number of nitrogens with two attached hydrogens (primary N) is 1. The fourth-order valence-electron chi connectivity index (χ4n) is 1.88. The number of hydrogen-bond donors (Lipinski definition) is 2. The highest BCUT2D eigenvalue weighted by Crippen LogP contribution is 2.28. The summed E-state index contributed by atoms with van der Waals surface area (Å²) < 4.78 is 5.41. The molecule has 0 saturated heterocycles. The highest BCUT2D eigenvalue weighted by Gasteiger charge is 2.29. The van der Waals surface area contributed by atoms with Crippen LogP contribution in [0.2, 0.25) is 0 Å². The van der Waals surface area contributed by atoms with Crippen molar-refractivity contribution >= 4 is 5.91 Å². The molecule has 2 rings (SSSR count). The zero-order chi connectivity index (χ0) is 13.0. The van der Waals surface area contributed by atoms with E-state index in [1.807, 2.05) is 5.43 Å².